The molecule has 10 heteroatoms. The number of ether oxygens (including phenoxy) is 3. The summed E-state index contributed by atoms with van der Waals surface area (Å²) in [6.45, 7) is 0.926. The van der Waals surface area contributed by atoms with Gasteiger partial charge in [0.1, 0.15) is 36.2 Å². The van der Waals surface area contributed by atoms with Crippen LogP contribution in [0.2, 0.25) is 0 Å². The fraction of sp³-hybridized carbons (Fsp3) is 0.833. The van der Waals surface area contributed by atoms with Gasteiger partial charge in [0, 0.05) is 0 Å². The third-order valence-corrected chi connectivity index (χ3v) is 3.64. The van der Waals surface area contributed by atoms with E-state index in [4.69, 9.17) is 19.3 Å². The van der Waals surface area contributed by atoms with Crippen LogP contribution in [0.15, 0.2) is 6.20 Å². The summed E-state index contributed by atoms with van der Waals surface area (Å²) in [5.74, 6) is 0. The number of nitrogens with zero attached hydrogens (tertiary/aromatic N) is 3. The summed E-state index contributed by atoms with van der Waals surface area (Å²) in [6.07, 6.45) is -4.62. The molecule has 0 aliphatic carbocycles. The first kappa shape index (κ1) is 15.7. The number of aromatic nitrogens is 3. The van der Waals surface area contributed by atoms with E-state index in [1.54, 1.807) is 0 Å². The van der Waals surface area contributed by atoms with Crippen LogP contribution >= 0.6 is 0 Å². The smallest absolute Gasteiger partial charge is 0.180 e. The van der Waals surface area contributed by atoms with Crippen molar-refractivity contribution in [3.8, 4) is 0 Å². The maximum Gasteiger partial charge on any atom is 0.180 e. The maximum atomic E-state index is 9.99. The van der Waals surface area contributed by atoms with Gasteiger partial charge >= 0.3 is 0 Å². The molecule has 22 heavy (non-hydrogen) atoms. The van der Waals surface area contributed by atoms with E-state index in [0.717, 1.165) is 0 Å². The minimum atomic E-state index is -1.45. The van der Waals surface area contributed by atoms with Gasteiger partial charge in [0.15, 0.2) is 6.23 Å². The van der Waals surface area contributed by atoms with E-state index in [2.05, 4.69) is 10.3 Å². The van der Waals surface area contributed by atoms with E-state index in [1.165, 1.54) is 10.9 Å². The average Bonchev–Trinajstić information content (AvgIpc) is 3.22. The Morgan fingerprint density at radius 2 is 2.05 bits per heavy atom. The zero-order chi connectivity index (χ0) is 15.7. The molecule has 3 rings (SSSR count). The number of hydrogen-bond donors (Lipinski definition) is 4. The van der Waals surface area contributed by atoms with Gasteiger partial charge in [-0.2, -0.15) is 0 Å². The molecule has 2 aliphatic heterocycles. The van der Waals surface area contributed by atoms with Crippen molar-refractivity contribution in [1.29, 1.82) is 0 Å². The normalized spacial score (nSPS) is 38.2. The molecule has 2 saturated heterocycles. The Hall–Kier alpha value is -1.14. The van der Waals surface area contributed by atoms with Gasteiger partial charge in [-0.1, -0.05) is 5.21 Å². The number of aliphatic hydroxyl groups is 4. The van der Waals surface area contributed by atoms with E-state index in [1.807, 2.05) is 0 Å². The molecular weight excluding hydrogens is 298 g/mol. The molecule has 2 fully saturated rings. The number of epoxide rings is 1. The third-order valence-electron chi connectivity index (χ3n) is 3.64. The fourth-order valence-corrected chi connectivity index (χ4v) is 2.26. The monoisotopic (exact) mass is 317 g/mol. The highest BCUT2D eigenvalue weighted by Gasteiger charge is 2.44. The summed E-state index contributed by atoms with van der Waals surface area (Å²) in [6, 6.07) is 0. The highest BCUT2D eigenvalue weighted by molar-refractivity contribution is 4.95. The van der Waals surface area contributed by atoms with Crippen LogP contribution in [0.3, 0.4) is 0 Å². The molecule has 2 aliphatic rings. The molecule has 3 heterocycles. The quantitative estimate of drug-likeness (QED) is 0.408. The Kier molecular flexibility index (Phi) is 4.68. The molecule has 4 N–H and O–H groups in total. The van der Waals surface area contributed by atoms with Crippen molar-refractivity contribution in [2.75, 3.05) is 19.8 Å². The Balaban J connectivity index is 1.62. The summed E-state index contributed by atoms with van der Waals surface area (Å²) in [7, 11) is 0. The van der Waals surface area contributed by atoms with Crippen molar-refractivity contribution < 1.29 is 34.6 Å². The van der Waals surface area contributed by atoms with Gasteiger partial charge in [-0.15, -0.1) is 5.10 Å². The van der Waals surface area contributed by atoms with Gasteiger partial charge < -0.3 is 34.6 Å². The number of rotatable bonds is 6. The third kappa shape index (κ3) is 3.27. The van der Waals surface area contributed by atoms with Gasteiger partial charge in [-0.05, 0) is 0 Å². The predicted octanol–water partition coefficient (Wildman–Crippen LogP) is -2.83. The molecular formula is C12H19N3O7. The van der Waals surface area contributed by atoms with Crippen molar-refractivity contribution in [3.63, 3.8) is 0 Å². The van der Waals surface area contributed by atoms with Crippen LogP contribution in [-0.4, -0.2) is 85.8 Å². The molecule has 10 nitrogen and oxygen atoms in total. The van der Waals surface area contributed by atoms with Crippen LogP contribution in [0.1, 0.15) is 11.9 Å². The van der Waals surface area contributed by atoms with Crippen LogP contribution in [0.5, 0.6) is 0 Å². The zero-order valence-corrected chi connectivity index (χ0v) is 11.7. The number of aliphatic hydroxyl groups excluding tert-OH is 4. The molecule has 0 saturated carbocycles. The van der Waals surface area contributed by atoms with E-state index in [0.29, 0.717) is 18.9 Å². The van der Waals surface area contributed by atoms with Gasteiger partial charge in [0.2, 0.25) is 0 Å². The van der Waals surface area contributed by atoms with Crippen molar-refractivity contribution in [1.82, 2.24) is 15.0 Å². The summed E-state index contributed by atoms with van der Waals surface area (Å²) in [4.78, 5) is 0. The second-order valence-electron chi connectivity index (χ2n) is 5.38. The first-order valence-corrected chi connectivity index (χ1v) is 7.00. The van der Waals surface area contributed by atoms with E-state index in [-0.39, 0.29) is 12.7 Å². The van der Waals surface area contributed by atoms with Crippen LogP contribution in [0.4, 0.5) is 0 Å². The SMILES string of the molecule is OC[C@H]1O[C@@H](n2cc(COCC3CO3)nn2)[C@H](O)[C@@H](O)[C@H]1O. The molecule has 0 radical (unpaired) electrons. The van der Waals surface area contributed by atoms with Crippen molar-refractivity contribution in [2.24, 2.45) is 0 Å². The van der Waals surface area contributed by atoms with Crippen molar-refractivity contribution in [3.05, 3.63) is 11.9 Å². The maximum absolute atomic E-state index is 9.99. The molecule has 1 aromatic heterocycles. The Morgan fingerprint density at radius 3 is 2.73 bits per heavy atom. The van der Waals surface area contributed by atoms with Crippen LogP contribution < -0.4 is 0 Å². The fourth-order valence-electron chi connectivity index (χ4n) is 2.26. The summed E-state index contributed by atoms with van der Waals surface area (Å²) in [5.41, 5.74) is 0.526. The zero-order valence-electron chi connectivity index (χ0n) is 11.7. The van der Waals surface area contributed by atoms with Gasteiger partial charge in [-0.25, -0.2) is 4.68 Å². The second kappa shape index (κ2) is 6.54. The van der Waals surface area contributed by atoms with Gasteiger partial charge in [0.25, 0.3) is 0 Å². The van der Waals surface area contributed by atoms with E-state index in [9.17, 15) is 15.3 Å². The first-order chi connectivity index (χ1) is 10.6. The summed E-state index contributed by atoms with van der Waals surface area (Å²) >= 11 is 0. The second-order valence-corrected chi connectivity index (χ2v) is 5.38. The molecule has 0 spiro atoms. The van der Waals surface area contributed by atoms with Crippen LogP contribution in [0, 0.1) is 0 Å². The van der Waals surface area contributed by atoms with Gasteiger partial charge in [-0.3, -0.25) is 0 Å². The topological polar surface area (TPSA) is 143 Å². The molecule has 1 unspecified atom stereocenters. The lowest BCUT2D eigenvalue weighted by Gasteiger charge is -2.39. The first-order valence-electron chi connectivity index (χ1n) is 7.00. The molecule has 1 aromatic rings. The standard InChI is InChI=1S/C12H19N3O7/c16-2-8-9(17)10(18)11(19)12(22-8)15-1-6(13-14-15)3-20-4-7-5-21-7/h1,7-12,16-19H,2-5H2/t7?,8-,9+,10+,11-,12-/m1/s1. The summed E-state index contributed by atoms with van der Waals surface area (Å²) < 4.78 is 17.0. The average molecular weight is 317 g/mol. The van der Waals surface area contributed by atoms with E-state index < -0.39 is 37.3 Å². The molecule has 6 atom stereocenters. The lowest BCUT2D eigenvalue weighted by Crippen LogP contribution is -2.56. The molecule has 0 bridgehead atoms. The highest BCUT2D eigenvalue weighted by Crippen LogP contribution is 2.27. The molecule has 0 aromatic carbocycles. The van der Waals surface area contributed by atoms with Crippen LogP contribution in [0.25, 0.3) is 0 Å². The highest BCUT2D eigenvalue weighted by atomic mass is 16.6. The largest absolute Gasteiger partial charge is 0.394 e. The lowest BCUT2D eigenvalue weighted by atomic mass is 9.98. The number of hydrogen-bond acceptors (Lipinski definition) is 9. The molecule has 124 valence electrons. The van der Waals surface area contributed by atoms with Crippen molar-refractivity contribution in [2.45, 2.75) is 43.4 Å². The predicted molar refractivity (Wildman–Crippen MR) is 68.4 cm³/mol. The van der Waals surface area contributed by atoms with E-state index >= 15 is 0 Å². The van der Waals surface area contributed by atoms with Crippen molar-refractivity contribution >= 4 is 0 Å². The minimum absolute atomic E-state index is 0.153. The van der Waals surface area contributed by atoms with Gasteiger partial charge in [0.05, 0.1) is 32.6 Å². The molecule has 0 amide bonds. The Bertz CT molecular complexity index is 493. The van der Waals surface area contributed by atoms with Crippen LogP contribution in [-0.2, 0) is 20.8 Å². The lowest BCUT2D eigenvalue weighted by molar-refractivity contribution is -0.254. The Morgan fingerprint density at radius 1 is 1.27 bits per heavy atom. The Labute approximate surface area is 125 Å². The minimum Gasteiger partial charge on any atom is -0.394 e. The summed E-state index contributed by atoms with van der Waals surface area (Å²) in [5, 5.41) is 46.3.